The van der Waals surface area contributed by atoms with Gasteiger partial charge in [-0.15, -0.1) is 12.4 Å². The van der Waals surface area contributed by atoms with Crippen LogP contribution in [0, 0.1) is 11.7 Å². The van der Waals surface area contributed by atoms with E-state index in [2.05, 4.69) is 10.2 Å². The van der Waals surface area contributed by atoms with Crippen LogP contribution in [0.15, 0.2) is 18.2 Å². The number of nitrogens with one attached hydrogen (secondary N) is 1. The van der Waals surface area contributed by atoms with Crippen LogP contribution >= 0.6 is 24.0 Å². The topological polar surface area (TPSA) is 15.3 Å². The quantitative estimate of drug-likeness (QED) is 0.918. The fourth-order valence-corrected chi connectivity index (χ4v) is 2.72. The Balaban J connectivity index is 0.00000180. The number of rotatable bonds is 4. The molecule has 0 atom stereocenters. The van der Waals surface area contributed by atoms with Gasteiger partial charge in [-0.25, -0.2) is 4.39 Å². The van der Waals surface area contributed by atoms with E-state index in [1.54, 1.807) is 12.1 Å². The van der Waals surface area contributed by atoms with Crippen molar-refractivity contribution in [2.45, 2.75) is 19.4 Å². The molecule has 2 rings (SSSR count). The molecule has 108 valence electrons. The standard InChI is InChI=1S/C14H20ClFN2.ClH/c1-18(9-11-4-6-17-7-5-11)10-12-8-13(15)2-3-14(12)16;/h2-3,8,11,17H,4-7,9-10H2,1H3;1H. The Morgan fingerprint density at radius 1 is 1.37 bits per heavy atom. The minimum atomic E-state index is -0.170. The normalized spacial score (nSPS) is 16.4. The molecule has 1 saturated heterocycles. The molecule has 0 bridgehead atoms. The van der Waals surface area contributed by atoms with Crippen molar-refractivity contribution in [2.24, 2.45) is 5.92 Å². The molecule has 5 heteroatoms. The molecule has 1 fully saturated rings. The third-order valence-electron chi connectivity index (χ3n) is 3.48. The van der Waals surface area contributed by atoms with Crippen molar-refractivity contribution in [1.82, 2.24) is 10.2 Å². The molecular formula is C14H21Cl2FN2. The summed E-state index contributed by atoms with van der Waals surface area (Å²) < 4.78 is 13.6. The lowest BCUT2D eigenvalue weighted by Gasteiger charge is -2.27. The van der Waals surface area contributed by atoms with Gasteiger partial charge in [-0.2, -0.15) is 0 Å². The molecule has 1 aliphatic heterocycles. The summed E-state index contributed by atoms with van der Waals surface area (Å²) in [7, 11) is 2.04. The molecule has 0 unspecified atom stereocenters. The maximum absolute atomic E-state index is 13.6. The zero-order chi connectivity index (χ0) is 13.0. The van der Waals surface area contributed by atoms with Crippen LogP contribution in [0.3, 0.4) is 0 Å². The van der Waals surface area contributed by atoms with E-state index in [1.807, 2.05) is 7.05 Å². The zero-order valence-corrected chi connectivity index (χ0v) is 12.7. The second kappa shape index (κ2) is 8.05. The van der Waals surface area contributed by atoms with Gasteiger partial charge in [0, 0.05) is 23.7 Å². The van der Waals surface area contributed by atoms with Gasteiger partial charge in [0.15, 0.2) is 0 Å². The summed E-state index contributed by atoms with van der Waals surface area (Å²) in [4.78, 5) is 2.19. The lowest BCUT2D eigenvalue weighted by Crippen LogP contribution is -2.34. The molecule has 0 aliphatic carbocycles. The molecule has 1 aliphatic rings. The maximum Gasteiger partial charge on any atom is 0.127 e. The average molecular weight is 307 g/mol. The summed E-state index contributed by atoms with van der Waals surface area (Å²) in [6, 6.07) is 4.75. The SMILES string of the molecule is CN(Cc1cc(Cl)ccc1F)CC1CCNCC1.Cl. The molecule has 1 N–H and O–H groups in total. The first-order chi connectivity index (χ1) is 8.65. The van der Waals surface area contributed by atoms with Crippen molar-refractivity contribution in [1.29, 1.82) is 0 Å². The first-order valence-electron chi connectivity index (χ1n) is 6.48. The maximum atomic E-state index is 13.6. The van der Waals surface area contributed by atoms with Gasteiger partial charge in [0.1, 0.15) is 5.82 Å². The van der Waals surface area contributed by atoms with E-state index in [0.29, 0.717) is 17.1 Å². The van der Waals surface area contributed by atoms with Crippen LogP contribution in [0.5, 0.6) is 0 Å². The van der Waals surface area contributed by atoms with Crippen LogP contribution in [0.25, 0.3) is 0 Å². The number of halogens is 3. The van der Waals surface area contributed by atoms with Gasteiger partial charge in [0.25, 0.3) is 0 Å². The third kappa shape index (κ3) is 5.27. The number of benzene rings is 1. The van der Waals surface area contributed by atoms with Crippen LogP contribution in [-0.2, 0) is 6.54 Å². The first kappa shape index (κ1) is 16.7. The van der Waals surface area contributed by atoms with Crippen LogP contribution in [-0.4, -0.2) is 31.6 Å². The average Bonchev–Trinajstić information content (AvgIpc) is 2.35. The number of piperidine rings is 1. The van der Waals surface area contributed by atoms with Gasteiger partial charge < -0.3 is 10.2 Å². The predicted molar refractivity (Wildman–Crippen MR) is 80.6 cm³/mol. The minimum Gasteiger partial charge on any atom is -0.317 e. The van der Waals surface area contributed by atoms with E-state index in [4.69, 9.17) is 11.6 Å². The molecule has 0 spiro atoms. The van der Waals surface area contributed by atoms with E-state index < -0.39 is 0 Å². The second-order valence-corrected chi connectivity index (χ2v) is 5.56. The monoisotopic (exact) mass is 306 g/mol. The van der Waals surface area contributed by atoms with Gasteiger partial charge >= 0.3 is 0 Å². The summed E-state index contributed by atoms with van der Waals surface area (Å²) >= 11 is 5.90. The molecular weight excluding hydrogens is 286 g/mol. The highest BCUT2D eigenvalue weighted by atomic mass is 35.5. The molecule has 19 heavy (non-hydrogen) atoms. The van der Waals surface area contributed by atoms with Crippen molar-refractivity contribution in [2.75, 3.05) is 26.7 Å². The van der Waals surface area contributed by atoms with Crippen LogP contribution in [0.2, 0.25) is 5.02 Å². The van der Waals surface area contributed by atoms with Gasteiger partial charge in [0.05, 0.1) is 0 Å². The highest BCUT2D eigenvalue weighted by molar-refractivity contribution is 6.30. The predicted octanol–water partition coefficient (Wildman–Crippen LogP) is 3.33. The Kier molecular flexibility index (Phi) is 7.08. The third-order valence-corrected chi connectivity index (χ3v) is 3.71. The van der Waals surface area contributed by atoms with Gasteiger partial charge in [0.2, 0.25) is 0 Å². The molecule has 1 aromatic carbocycles. The van der Waals surface area contributed by atoms with Crippen LogP contribution in [0.4, 0.5) is 4.39 Å². The highest BCUT2D eigenvalue weighted by Crippen LogP contribution is 2.18. The summed E-state index contributed by atoms with van der Waals surface area (Å²) in [5, 5.41) is 3.96. The van der Waals surface area contributed by atoms with Crippen molar-refractivity contribution < 1.29 is 4.39 Å². The summed E-state index contributed by atoms with van der Waals surface area (Å²) in [5.41, 5.74) is 0.680. The summed E-state index contributed by atoms with van der Waals surface area (Å²) in [5.74, 6) is 0.551. The molecule has 2 nitrogen and oxygen atoms in total. The van der Waals surface area contributed by atoms with E-state index >= 15 is 0 Å². The molecule has 0 saturated carbocycles. The lowest BCUT2D eigenvalue weighted by molar-refractivity contribution is 0.232. The molecule has 1 heterocycles. The van der Waals surface area contributed by atoms with Crippen LogP contribution < -0.4 is 5.32 Å². The van der Waals surface area contributed by atoms with Crippen LogP contribution in [0.1, 0.15) is 18.4 Å². The Morgan fingerprint density at radius 2 is 2.05 bits per heavy atom. The molecule has 0 amide bonds. The van der Waals surface area contributed by atoms with Gasteiger partial charge in [-0.05, 0) is 57.1 Å². The zero-order valence-electron chi connectivity index (χ0n) is 11.2. The second-order valence-electron chi connectivity index (χ2n) is 5.13. The lowest BCUT2D eigenvalue weighted by atomic mass is 9.97. The number of hydrogen-bond donors (Lipinski definition) is 1. The van der Waals surface area contributed by atoms with Gasteiger partial charge in [-0.1, -0.05) is 11.6 Å². The number of hydrogen-bond acceptors (Lipinski definition) is 2. The molecule has 0 radical (unpaired) electrons. The van der Waals surface area contributed by atoms with Gasteiger partial charge in [-0.3, -0.25) is 0 Å². The fourth-order valence-electron chi connectivity index (χ4n) is 2.52. The van der Waals surface area contributed by atoms with E-state index in [0.717, 1.165) is 25.6 Å². The Labute approximate surface area is 125 Å². The summed E-state index contributed by atoms with van der Waals surface area (Å²) in [6.45, 7) is 3.85. The fraction of sp³-hybridized carbons (Fsp3) is 0.571. The van der Waals surface area contributed by atoms with Crippen molar-refractivity contribution in [3.63, 3.8) is 0 Å². The Bertz CT molecular complexity index is 395. The first-order valence-corrected chi connectivity index (χ1v) is 6.86. The number of nitrogens with zero attached hydrogens (tertiary/aromatic N) is 1. The van der Waals surface area contributed by atoms with E-state index in [9.17, 15) is 4.39 Å². The minimum absolute atomic E-state index is 0. The molecule has 1 aromatic rings. The smallest absolute Gasteiger partial charge is 0.127 e. The van der Waals surface area contributed by atoms with Crippen molar-refractivity contribution in [3.8, 4) is 0 Å². The van der Waals surface area contributed by atoms with E-state index in [-0.39, 0.29) is 18.2 Å². The summed E-state index contributed by atoms with van der Waals surface area (Å²) in [6.07, 6.45) is 2.42. The largest absolute Gasteiger partial charge is 0.317 e. The van der Waals surface area contributed by atoms with Crippen molar-refractivity contribution >= 4 is 24.0 Å². The highest BCUT2D eigenvalue weighted by Gasteiger charge is 2.15. The Morgan fingerprint density at radius 3 is 2.74 bits per heavy atom. The molecule has 0 aromatic heterocycles. The van der Waals surface area contributed by atoms with E-state index in [1.165, 1.54) is 18.9 Å². The van der Waals surface area contributed by atoms with Crippen molar-refractivity contribution in [3.05, 3.63) is 34.6 Å². The Hall–Kier alpha value is -0.350.